The van der Waals surface area contributed by atoms with Crippen LogP contribution < -0.4 is 15.6 Å². The lowest BCUT2D eigenvalue weighted by molar-refractivity contribution is -0.153. The van der Waals surface area contributed by atoms with E-state index in [0.717, 1.165) is 27.8 Å². The van der Waals surface area contributed by atoms with E-state index in [2.05, 4.69) is 9.72 Å². The van der Waals surface area contributed by atoms with Gasteiger partial charge in [0.25, 0.3) is 12.4 Å². The summed E-state index contributed by atoms with van der Waals surface area (Å²) in [6.45, 7) is 1.83. The summed E-state index contributed by atoms with van der Waals surface area (Å²) in [4.78, 5) is 52.0. The fraction of sp³-hybridized carbons (Fsp3) is 0.292. The molecule has 1 aromatic carbocycles. The van der Waals surface area contributed by atoms with Crippen molar-refractivity contribution in [2.75, 3.05) is 25.2 Å². The molecule has 1 saturated heterocycles. The molecule has 0 radical (unpaired) electrons. The number of carbonyl (C=O) groups excluding carboxylic acids is 3. The highest BCUT2D eigenvalue weighted by molar-refractivity contribution is 5.98. The molecule has 2 amide bonds. The number of methoxy groups -OCH3 is 1. The van der Waals surface area contributed by atoms with E-state index in [9.17, 15) is 36.3 Å². The van der Waals surface area contributed by atoms with Crippen LogP contribution in [0.4, 0.5) is 32.6 Å². The van der Waals surface area contributed by atoms with Crippen LogP contribution in [-0.2, 0) is 14.3 Å². The number of fused-ring (bicyclic) bond motifs is 1. The molecule has 208 valence electrons. The summed E-state index contributed by atoms with van der Waals surface area (Å²) < 4.78 is 77.4. The Labute approximate surface area is 216 Å². The van der Waals surface area contributed by atoms with Gasteiger partial charge in [-0.15, -0.1) is 0 Å². The summed E-state index contributed by atoms with van der Waals surface area (Å²) in [6, 6.07) is 2.76. The Bertz CT molecular complexity index is 1460. The Balaban J connectivity index is 0.000000983. The molecule has 15 heteroatoms. The second kappa shape index (κ2) is 11.9. The Hall–Kier alpha value is -4.56. The molecule has 1 unspecified atom stereocenters. The number of pyridine rings is 2. The summed E-state index contributed by atoms with van der Waals surface area (Å²) in [5.41, 5.74) is -2.21. The van der Waals surface area contributed by atoms with Crippen LogP contribution in [0.5, 0.6) is 0 Å². The van der Waals surface area contributed by atoms with Crippen molar-refractivity contribution in [2.45, 2.75) is 25.6 Å². The molecule has 4 rings (SSSR count). The first-order chi connectivity index (χ1) is 18.4. The number of nitrogens with one attached hydrogen (secondary N) is 1. The maximum Gasteiger partial charge on any atom is 0.415 e. The number of ether oxygens (including phenoxy) is 2. The molecule has 3 aromatic rings. The first kappa shape index (κ1) is 29.0. The number of nitrogens with zero attached hydrogens (tertiary/aromatic N) is 3. The highest BCUT2D eigenvalue weighted by atomic mass is 19.4. The highest BCUT2D eigenvalue weighted by Crippen LogP contribution is 2.25. The topological polar surface area (TPSA) is 120 Å². The number of benzene rings is 1. The van der Waals surface area contributed by atoms with Crippen LogP contribution in [0.25, 0.3) is 16.7 Å². The molecular formula is C24H21F5N4O6. The standard InChI is InChI=1S/C22H17F5N4O4.C2H4O2/c1-2-16(22(25,26)27)28-20(33)13-10-31(15-5-3-11(23)9-14(15)24)19-12(18(13)32)4-6-17(29-19)30-7-8-35-21(30)34;1-4-2-3/h3-6,9-10,16H,2,7-8H2,1H3,(H,28,33);2H,1H3. The van der Waals surface area contributed by atoms with Crippen LogP contribution in [0.3, 0.4) is 0 Å². The van der Waals surface area contributed by atoms with Gasteiger partial charge in [0.15, 0.2) is 5.65 Å². The number of hydrogen-bond donors (Lipinski definition) is 1. The maximum absolute atomic E-state index is 14.7. The molecule has 39 heavy (non-hydrogen) atoms. The van der Waals surface area contributed by atoms with Gasteiger partial charge in [-0.05, 0) is 30.7 Å². The van der Waals surface area contributed by atoms with E-state index in [1.165, 1.54) is 26.2 Å². The Kier molecular flexibility index (Phi) is 8.83. The minimum atomic E-state index is -4.76. The average Bonchev–Trinajstić information content (AvgIpc) is 3.32. The van der Waals surface area contributed by atoms with Gasteiger partial charge >= 0.3 is 12.3 Å². The summed E-state index contributed by atoms with van der Waals surface area (Å²) in [5, 5.41) is 1.53. The SMILES string of the molecule is CCC(NC(=O)c1cn(-c2ccc(F)cc2F)c2nc(N3CCOC3=O)ccc2c1=O)C(F)(F)F.COC=O. The lowest BCUT2D eigenvalue weighted by atomic mass is 10.1. The third-order valence-corrected chi connectivity index (χ3v) is 5.49. The van der Waals surface area contributed by atoms with Crippen molar-refractivity contribution in [1.82, 2.24) is 14.9 Å². The van der Waals surface area contributed by atoms with Gasteiger partial charge in [-0.1, -0.05) is 6.92 Å². The van der Waals surface area contributed by atoms with Crippen molar-refractivity contribution in [2.24, 2.45) is 0 Å². The minimum absolute atomic E-state index is 0.0518. The molecule has 10 nitrogen and oxygen atoms in total. The smallest absolute Gasteiger partial charge is 0.415 e. The van der Waals surface area contributed by atoms with E-state index in [1.807, 2.05) is 0 Å². The molecule has 0 bridgehead atoms. The van der Waals surface area contributed by atoms with Crippen molar-refractivity contribution in [3.63, 3.8) is 0 Å². The van der Waals surface area contributed by atoms with Crippen molar-refractivity contribution in [1.29, 1.82) is 0 Å². The minimum Gasteiger partial charge on any atom is -0.471 e. The predicted octanol–water partition coefficient (Wildman–Crippen LogP) is 3.48. The predicted molar refractivity (Wildman–Crippen MR) is 127 cm³/mol. The molecule has 1 atom stereocenters. The molecule has 1 aliphatic heterocycles. The fourth-order valence-electron chi connectivity index (χ4n) is 3.62. The maximum atomic E-state index is 14.7. The Morgan fingerprint density at radius 1 is 1.23 bits per heavy atom. The zero-order valence-electron chi connectivity index (χ0n) is 20.4. The van der Waals surface area contributed by atoms with Gasteiger partial charge in [-0.3, -0.25) is 23.9 Å². The zero-order chi connectivity index (χ0) is 28.9. The molecule has 0 saturated carbocycles. The van der Waals surface area contributed by atoms with Gasteiger partial charge in [0.05, 0.1) is 24.7 Å². The number of cyclic esters (lactones) is 1. The van der Waals surface area contributed by atoms with E-state index in [0.29, 0.717) is 12.5 Å². The quantitative estimate of drug-likeness (QED) is 0.365. The van der Waals surface area contributed by atoms with Gasteiger partial charge in [-0.25, -0.2) is 18.6 Å². The molecular weight excluding hydrogens is 535 g/mol. The van der Waals surface area contributed by atoms with Gasteiger partial charge in [0, 0.05) is 12.3 Å². The second-order valence-electron chi connectivity index (χ2n) is 7.95. The Morgan fingerprint density at radius 2 is 1.92 bits per heavy atom. The van der Waals surface area contributed by atoms with Gasteiger partial charge < -0.3 is 14.8 Å². The third kappa shape index (κ3) is 6.30. The van der Waals surface area contributed by atoms with Gasteiger partial charge in [0.2, 0.25) is 5.43 Å². The number of rotatable bonds is 6. The highest BCUT2D eigenvalue weighted by Gasteiger charge is 2.39. The summed E-state index contributed by atoms with van der Waals surface area (Å²) in [7, 11) is 1.31. The van der Waals surface area contributed by atoms with Crippen LogP contribution >= 0.6 is 0 Å². The van der Waals surface area contributed by atoms with Crippen LogP contribution in [0, 0.1) is 11.6 Å². The number of anilines is 1. The van der Waals surface area contributed by atoms with E-state index in [4.69, 9.17) is 9.53 Å². The normalized spacial score (nSPS) is 13.8. The van der Waals surface area contributed by atoms with Crippen molar-refractivity contribution < 1.29 is 45.8 Å². The zero-order valence-corrected chi connectivity index (χ0v) is 20.4. The van der Waals surface area contributed by atoms with Gasteiger partial charge in [-0.2, -0.15) is 13.2 Å². The third-order valence-electron chi connectivity index (χ3n) is 5.49. The molecule has 1 fully saturated rings. The number of carbonyl (C=O) groups is 3. The van der Waals surface area contributed by atoms with Crippen LogP contribution in [0.2, 0.25) is 0 Å². The number of amides is 2. The molecule has 1 aliphatic rings. The molecule has 3 heterocycles. The van der Waals surface area contributed by atoms with E-state index in [-0.39, 0.29) is 35.7 Å². The Morgan fingerprint density at radius 3 is 2.46 bits per heavy atom. The lowest BCUT2D eigenvalue weighted by Gasteiger charge is -2.21. The first-order valence-electron chi connectivity index (χ1n) is 11.2. The lowest BCUT2D eigenvalue weighted by Crippen LogP contribution is -2.46. The molecule has 1 N–H and O–H groups in total. The first-order valence-corrected chi connectivity index (χ1v) is 11.2. The van der Waals surface area contributed by atoms with Crippen molar-refractivity contribution in [3.8, 4) is 5.69 Å². The van der Waals surface area contributed by atoms with Crippen LogP contribution in [0.15, 0.2) is 41.3 Å². The molecule has 0 spiro atoms. The van der Waals surface area contributed by atoms with Crippen molar-refractivity contribution in [3.05, 3.63) is 63.9 Å². The molecule has 0 aliphatic carbocycles. The monoisotopic (exact) mass is 556 g/mol. The number of hydrogen-bond acceptors (Lipinski definition) is 7. The molecule has 2 aromatic heterocycles. The van der Waals surface area contributed by atoms with E-state index >= 15 is 0 Å². The summed E-state index contributed by atoms with van der Waals surface area (Å²) in [6.07, 6.45) is -5.12. The average molecular weight is 556 g/mol. The summed E-state index contributed by atoms with van der Waals surface area (Å²) in [5.74, 6) is -3.27. The number of alkyl halides is 3. The van der Waals surface area contributed by atoms with Gasteiger partial charge in [0.1, 0.15) is 35.7 Å². The van der Waals surface area contributed by atoms with Crippen LogP contribution in [-0.4, -0.2) is 60.5 Å². The number of aromatic nitrogens is 2. The van der Waals surface area contributed by atoms with E-state index < -0.39 is 53.3 Å². The largest absolute Gasteiger partial charge is 0.471 e. The van der Waals surface area contributed by atoms with Crippen LogP contribution in [0.1, 0.15) is 23.7 Å². The number of halogens is 5. The van der Waals surface area contributed by atoms with Crippen molar-refractivity contribution >= 4 is 35.3 Å². The second-order valence-corrected chi connectivity index (χ2v) is 7.95. The fourth-order valence-corrected chi connectivity index (χ4v) is 3.62. The summed E-state index contributed by atoms with van der Waals surface area (Å²) >= 11 is 0. The van der Waals surface area contributed by atoms with E-state index in [1.54, 1.807) is 5.32 Å².